The molecule has 1 aliphatic heterocycles. The van der Waals surface area contributed by atoms with Crippen molar-refractivity contribution in [3.63, 3.8) is 0 Å². The first-order chi connectivity index (χ1) is 10.0. The van der Waals surface area contributed by atoms with Crippen LogP contribution in [0.25, 0.3) is 0 Å². The number of rotatable bonds is 5. The van der Waals surface area contributed by atoms with Gasteiger partial charge in [0.2, 0.25) is 5.91 Å². The van der Waals surface area contributed by atoms with Gasteiger partial charge in [0.1, 0.15) is 6.17 Å². The molecule has 1 aliphatic carbocycles. The van der Waals surface area contributed by atoms with Crippen molar-refractivity contribution in [1.82, 2.24) is 10.2 Å². The molecule has 1 amide bonds. The first kappa shape index (κ1) is 14.6. The quantitative estimate of drug-likeness (QED) is 0.900. The number of hydrogen-bond donors (Lipinski definition) is 1. The molecule has 1 N–H and O–H groups in total. The molecule has 0 radical (unpaired) electrons. The van der Waals surface area contributed by atoms with Crippen LogP contribution in [0.15, 0.2) is 24.3 Å². The Morgan fingerprint density at radius 1 is 1.38 bits per heavy atom. The zero-order chi connectivity index (χ0) is 15.0. The van der Waals surface area contributed by atoms with E-state index in [1.54, 1.807) is 0 Å². The molecular formula is C18H26N2O. The number of carbonyl (C=O) groups is 1. The minimum Gasteiger partial charge on any atom is -0.321 e. The Labute approximate surface area is 127 Å². The molecule has 3 nitrogen and oxygen atoms in total. The van der Waals surface area contributed by atoms with Crippen LogP contribution < -0.4 is 5.32 Å². The van der Waals surface area contributed by atoms with Crippen molar-refractivity contribution < 1.29 is 4.79 Å². The maximum absolute atomic E-state index is 12.8. The van der Waals surface area contributed by atoms with Gasteiger partial charge >= 0.3 is 0 Å². The molecule has 2 unspecified atom stereocenters. The Bertz CT molecular complexity index is 538. The fourth-order valence-electron chi connectivity index (χ4n) is 3.19. The lowest BCUT2D eigenvalue weighted by atomic mass is 9.99. The molecule has 0 spiro atoms. The normalized spacial score (nSPS) is 29.2. The highest BCUT2D eigenvalue weighted by molar-refractivity contribution is 5.88. The standard InChI is InChI=1S/C18H26N2O/c1-4-18(3)17(21)20(11-10-14-8-9-14)16(19-18)15-7-5-6-13(2)12-15/h5-7,12,14,16,19H,4,8-11H2,1-3H3. The largest absolute Gasteiger partial charge is 0.321 e. The number of hydrogen-bond acceptors (Lipinski definition) is 2. The summed E-state index contributed by atoms with van der Waals surface area (Å²) in [5.74, 6) is 1.11. The molecule has 2 atom stereocenters. The maximum atomic E-state index is 12.8. The Kier molecular flexibility index (Phi) is 3.78. The van der Waals surface area contributed by atoms with Crippen LogP contribution in [0.3, 0.4) is 0 Å². The van der Waals surface area contributed by atoms with Crippen LogP contribution >= 0.6 is 0 Å². The van der Waals surface area contributed by atoms with Crippen LogP contribution in [0.1, 0.15) is 56.8 Å². The highest BCUT2D eigenvalue weighted by Gasteiger charge is 2.47. The zero-order valence-corrected chi connectivity index (χ0v) is 13.4. The molecule has 0 bridgehead atoms. The van der Waals surface area contributed by atoms with Gasteiger partial charge in [0, 0.05) is 6.54 Å². The topological polar surface area (TPSA) is 32.3 Å². The molecule has 1 aromatic rings. The van der Waals surface area contributed by atoms with Gasteiger partial charge in [-0.3, -0.25) is 10.1 Å². The Balaban J connectivity index is 1.85. The van der Waals surface area contributed by atoms with Crippen molar-refractivity contribution in [2.75, 3.05) is 6.54 Å². The van der Waals surface area contributed by atoms with E-state index in [1.807, 2.05) is 6.92 Å². The van der Waals surface area contributed by atoms with Crippen LogP contribution in [0.5, 0.6) is 0 Å². The van der Waals surface area contributed by atoms with Crippen LogP contribution in [-0.4, -0.2) is 22.9 Å². The van der Waals surface area contributed by atoms with E-state index in [0.29, 0.717) is 0 Å². The molecule has 21 heavy (non-hydrogen) atoms. The first-order valence-corrected chi connectivity index (χ1v) is 8.19. The smallest absolute Gasteiger partial charge is 0.244 e. The summed E-state index contributed by atoms with van der Waals surface area (Å²) in [5.41, 5.74) is 2.03. The predicted octanol–water partition coefficient (Wildman–Crippen LogP) is 3.39. The summed E-state index contributed by atoms with van der Waals surface area (Å²) in [6.07, 6.45) is 4.69. The first-order valence-electron chi connectivity index (χ1n) is 8.19. The van der Waals surface area contributed by atoms with Gasteiger partial charge in [-0.05, 0) is 38.2 Å². The molecule has 1 saturated carbocycles. The lowest BCUT2D eigenvalue weighted by molar-refractivity contribution is -0.133. The van der Waals surface area contributed by atoms with Crippen LogP contribution in [0, 0.1) is 12.8 Å². The van der Waals surface area contributed by atoms with E-state index in [4.69, 9.17) is 0 Å². The van der Waals surface area contributed by atoms with Gasteiger partial charge < -0.3 is 4.90 Å². The van der Waals surface area contributed by atoms with Crippen molar-refractivity contribution in [2.24, 2.45) is 5.92 Å². The minimum atomic E-state index is -0.419. The van der Waals surface area contributed by atoms with Crippen molar-refractivity contribution in [2.45, 2.75) is 58.2 Å². The SMILES string of the molecule is CCC1(C)NC(c2cccc(C)c2)N(CCC2CC2)C1=O. The fraction of sp³-hybridized carbons (Fsp3) is 0.611. The zero-order valence-electron chi connectivity index (χ0n) is 13.4. The van der Waals surface area contributed by atoms with Gasteiger partial charge in [-0.15, -0.1) is 0 Å². The summed E-state index contributed by atoms with van der Waals surface area (Å²) in [4.78, 5) is 14.9. The maximum Gasteiger partial charge on any atom is 0.244 e. The Morgan fingerprint density at radius 2 is 2.14 bits per heavy atom. The number of carbonyl (C=O) groups excluding carboxylic acids is 1. The summed E-state index contributed by atoms with van der Waals surface area (Å²) in [5, 5.41) is 3.58. The Hall–Kier alpha value is -1.35. The second-order valence-electron chi connectivity index (χ2n) is 6.88. The molecule has 1 aromatic carbocycles. The van der Waals surface area contributed by atoms with Crippen LogP contribution in [0.4, 0.5) is 0 Å². The lowest BCUT2D eigenvalue weighted by Gasteiger charge is -2.24. The average molecular weight is 286 g/mol. The van der Waals surface area contributed by atoms with Gasteiger partial charge in [0.25, 0.3) is 0 Å². The predicted molar refractivity (Wildman–Crippen MR) is 84.8 cm³/mol. The second-order valence-corrected chi connectivity index (χ2v) is 6.88. The third-order valence-electron chi connectivity index (χ3n) is 5.04. The number of amides is 1. The number of aryl methyl sites for hydroxylation is 1. The molecule has 3 rings (SSSR count). The van der Waals surface area contributed by atoms with Crippen molar-refractivity contribution in [3.05, 3.63) is 35.4 Å². The number of benzene rings is 1. The van der Waals surface area contributed by atoms with Crippen molar-refractivity contribution >= 4 is 5.91 Å². The minimum absolute atomic E-state index is 0.0288. The molecule has 1 saturated heterocycles. The van der Waals surface area contributed by atoms with E-state index in [-0.39, 0.29) is 12.1 Å². The summed E-state index contributed by atoms with van der Waals surface area (Å²) >= 11 is 0. The second kappa shape index (κ2) is 5.45. The van der Waals surface area contributed by atoms with Gasteiger partial charge in [-0.2, -0.15) is 0 Å². The van der Waals surface area contributed by atoms with E-state index in [9.17, 15) is 4.79 Å². The van der Waals surface area contributed by atoms with Gasteiger partial charge in [-0.1, -0.05) is 49.6 Å². The van der Waals surface area contributed by atoms with Crippen molar-refractivity contribution in [3.8, 4) is 0 Å². The van der Waals surface area contributed by atoms with Gasteiger partial charge in [-0.25, -0.2) is 0 Å². The highest BCUT2D eigenvalue weighted by atomic mass is 16.2. The molecule has 0 aromatic heterocycles. The highest BCUT2D eigenvalue weighted by Crippen LogP contribution is 2.37. The Morgan fingerprint density at radius 3 is 2.76 bits per heavy atom. The third-order valence-corrected chi connectivity index (χ3v) is 5.04. The summed E-state index contributed by atoms with van der Waals surface area (Å²) in [7, 11) is 0. The average Bonchev–Trinajstić information content (AvgIpc) is 3.26. The molecule has 3 heteroatoms. The van der Waals surface area contributed by atoms with Gasteiger partial charge in [0.15, 0.2) is 0 Å². The van der Waals surface area contributed by atoms with E-state index in [1.165, 1.54) is 24.0 Å². The monoisotopic (exact) mass is 286 g/mol. The summed E-state index contributed by atoms with van der Waals surface area (Å²) in [6, 6.07) is 8.51. The van der Waals surface area contributed by atoms with Crippen LogP contribution in [0.2, 0.25) is 0 Å². The molecule has 1 heterocycles. The van der Waals surface area contributed by atoms with E-state index in [0.717, 1.165) is 25.3 Å². The van der Waals surface area contributed by atoms with Crippen molar-refractivity contribution in [1.29, 1.82) is 0 Å². The van der Waals surface area contributed by atoms with Crippen LogP contribution in [-0.2, 0) is 4.79 Å². The number of nitrogens with zero attached hydrogens (tertiary/aromatic N) is 1. The lowest BCUT2D eigenvalue weighted by Crippen LogP contribution is -2.43. The van der Waals surface area contributed by atoms with Gasteiger partial charge in [0.05, 0.1) is 5.54 Å². The molecule has 2 fully saturated rings. The fourth-order valence-corrected chi connectivity index (χ4v) is 3.19. The number of nitrogens with one attached hydrogen (secondary N) is 1. The summed E-state index contributed by atoms with van der Waals surface area (Å²) in [6.45, 7) is 7.11. The molecular weight excluding hydrogens is 260 g/mol. The molecule has 2 aliphatic rings. The molecule has 114 valence electrons. The van der Waals surface area contributed by atoms with E-state index in [2.05, 4.69) is 48.3 Å². The van der Waals surface area contributed by atoms with E-state index >= 15 is 0 Å². The summed E-state index contributed by atoms with van der Waals surface area (Å²) < 4.78 is 0. The van der Waals surface area contributed by atoms with E-state index < -0.39 is 5.54 Å². The third kappa shape index (κ3) is 2.84.